The summed E-state index contributed by atoms with van der Waals surface area (Å²) in [5.74, 6) is 2.31. The van der Waals surface area contributed by atoms with Gasteiger partial charge in [-0.15, -0.1) is 0 Å². The number of nitrogens with one attached hydrogen (secondary N) is 1. The summed E-state index contributed by atoms with van der Waals surface area (Å²) in [4.78, 5) is 14.0. The van der Waals surface area contributed by atoms with Gasteiger partial charge in [0.15, 0.2) is 0 Å². The fourth-order valence-electron chi connectivity index (χ4n) is 1.93. The van der Waals surface area contributed by atoms with E-state index in [9.17, 15) is 4.79 Å². The van der Waals surface area contributed by atoms with Gasteiger partial charge in [0.1, 0.15) is 0 Å². The van der Waals surface area contributed by atoms with E-state index in [4.69, 9.17) is 0 Å². The Kier molecular flexibility index (Phi) is 4.31. The first-order chi connectivity index (χ1) is 8.27. The van der Waals surface area contributed by atoms with Gasteiger partial charge in [0.2, 0.25) is 5.91 Å². The van der Waals surface area contributed by atoms with Crippen molar-refractivity contribution in [1.82, 2.24) is 4.90 Å². The highest BCUT2D eigenvalue weighted by Crippen LogP contribution is 2.16. The molecule has 0 aliphatic carbocycles. The Bertz CT molecular complexity index is 369. The fourth-order valence-corrected chi connectivity index (χ4v) is 2.95. The number of anilines is 1. The Morgan fingerprint density at radius 1 is 1.47 bits per heavy atom. The molecule has 17 heavy (non-hydrogen) atoms. The predicted molar refractivity (Wildman–Crippen MR) is 73.4 cm³/mol. The van der Waals surface area contributed by atoms with Crippen molar-refractivity contribution >= 4 is 23.4 Å². The van der Waals surface area contributed by atoms with Gasteiger partial charge in [-0.3, -0.25) is 4.79 Å². The number of para-hydroxylation sites is 1. The lowest BCUT2D eigenvalue weighted by atomic mass is 10.3. The average Bonchev–Trinajstić information content (AvgIpc) is 2.38. The van der Waals surface area contributed by atoms with Crippen molar-refractivity contribution in [3.05, 3.63) is 30.3 Å². The minimum atomic E-state index is 0.196. The van der Waals surface area contributed by atoms with E-state index in [0.717, 1.165) is 23.7 Å². The molecule has 4 heteroatoms. The van der Waals surface area contributed by atoms with Gasteiger partial charge in [0, 0.05) is 29.8 Å². The quantitative estimate of drug-likeness (QED) is 0.891. The van der Waals surface area contributed by atoms with Crippen LogP contribution in [0.2, 0.25) is 0 Å². The first-order valence-corrected chi connectivity index (χ1v) is 7.09. The van der Waals surface area contributed by atoms with E-state index in [0.29, 0.717) is 12.6 Å². The Hall–Kier alpha value is -1.16. The molecule has 1 atom stereocenters. The van der Waals surface area contributed by atoms with Crippen LogP contribution in [0.3, 0.4) is 0 Å². The van der Waals surface area contributed by atoms with Crippen molar-refractivity contribution in [3.8, 4) is 0 Å². The molecule has 1 aromatic rings. The van der Waals surface area contributed by atoms with E-state index < -0.39 is 0 Å². The SMILES string of the molecule is CC1CSCCN1C(=O)CNc1ccccc1. The zero-order valence-corrected chi connectivity index (χ0v) is 10.9. The van der Waals surface area contributed by atoms with E-state index in [-0.39, 0.29) is 5.91 Å². The van der Waals surface area contributed by atoms with Crippen molar-refractivity contribution in [3.63, 3.8) is 0 Å². The molecule has 1 saturated heterocycles. The largest absolute Gasteiger partial charge is 0.376 e. The Morgan fingerprint density at radius 3 is 2.94 bits per heavy atom. The molecule has 92 valence electrons. The van der Waals surface area contributed by atoms with E-state index in [2.05, 4.69) is 12.2 Å². The van der Waals surface area contributed by atoms with E-state index in [1.165, 1.54) is 0 Å². The first-order valence-electron chi connectivity index (χ1n) is 5.93. The number of amides is 1. The number of rotatable bonds is 3. The van der Waals surface area contributed by atoms with Crippen LogP contribution >= 0.6 is 11.8 Å². The topological polar surface area (TPSA) is 32.3 Å². The molecule has 0 saturated carbocycles. The minimum Gasteiger partial charge on any atom is -0.376 e. The summed E-state index contributed by atoms with van der Waals surface area (Å²) in [5, 5.41) is 3.16. The van der Waals surface area contributed by atoms with Crippen molar-refractivity contribution in [2.75, 3.05) is 29.9 Å². The average molecular weight is 250 g/mol. The van der Waals surface area contributed by atoms with Gasteiger partial charge in [-0.1, -0.05) is 18.2 Å². The molecule has 1 aliphatic heterocycles. The summed E-state index contributed by atoms with van der Waals surface area (Å²) >= 11 is 1.92. The Morgan fingerprint density at radius 2 is 2.24 bits per heavy atom. The molecule has 1 unspecified atom stereocenters. The number of hydrogen-bond acceptors (Lipinski definition) is 3. The third kappa shape index (κ3) is 3.40. The fraction of sp³-hybridized carbons (Fsp3) is 0.462. The Labute approximate surface area is 107 Å². The summed E-state index contributed by atoms with van der Waals surface area (Å²) in [6.07, 6.45) is 0. The molecule has 1 amide bonds. The number of carbonyl (C=O) groups excluding carboxylic acids is 1. The summed E-state index contributed by atoms with van der Waals surface area (Å²) < 4.78 is 0. The highest BCUT2D eigenvalue weighted by Gasteiger charge is 2.22. The summed E-state index contributed by atoms with van der Waals surface area (Å²) in [6.45, 7) is 3.38. The molecule has 1 heterocycles. The normalized spacial score (nSPS) is 20.1. The summed E-state index contributed by atoms with van der Waals surface area (Å²) in [5.41, 5.74) is 1.000. The summed E-state index contributed by atoms with van der Waals surface area (Å²) in [6, 6.07) is 10.2. The van der Waals surface area contributed by atoms with Gasteiger partial charge in [0.05, 0.1) is 6.54 Å². The number of carbonyl (C=O) groups is 1. The molecule has 0 bridgehead atoms. The van der Waals surface area contributed by atoms with Crippen LogP contribution in [0.25, 0.3) is 0 Å². The second kappa shape index (κ2) is 5.96. The highest BCUT2D eigenvalue weighted by atomic mass is 32.2. The van der Waals surface area contributed by atoms with E-state index >= 15 is 0 Å². The minimum absolute atomic E-state index is 0.196. The molecule has 3 nitrogen and oxygen atoms in total. The molecule has 0 spiro atoms. The maximum absolute atomic E-state index is 12.0. The molecule has 2 rings (SSSR count). The van der Waals surface area contributed by atoms with Crippen molar-refractivity contribution < 1.29 is 4.79 Å². The lowest BCUT2D eigenvalue weighted by Gasteiger charge is -2.33. The van der Waals surface area contributed by atoms with E-state index in [1.807, 2.05) is 47.0 Å². The molecule has 1 fully saturated rings. The van der Waals surface area contributed by atoms with Gasteiger partial charge in [-0.25, -0.2) is 0 Å². The van der Waals surface area contributed by atoms with Gasteiger partial charge in [-0.2, -0.15) is 11.8 Å². The van der Waals surface area contributed by atoms with Gasteiger partial charge >= 0.3 is 0 Å². The molecule has 1 aromatic carbocycles. The van der Waals surface area contributed by atoms with Gasteiger partial charge in [0.25, 0.3) is 0 Å². The van der Waals surface area contributed by atoms with Gasteiger partial charge < -0.3 is 10.2 Å². The van der Waals surface area contributed by atoms with Crippen LogP contribution < -0.4 is 5.32 Å². The molecule has 1 N–H and O–H groups in total. The standard InChI is InChI=1S/C13H18N2OS/c1-11-10-17-8-7-15(11)13(16)9-14-12-5-3-2-4-6-12/h2-6,11,14H,7-10H2,1H3. The number of nitrogens with zero attached hydrogens (tertiary/aromatic N) is 1. The van der Waals surface area contributed by atoms with Crippen molar-refractivity contribution in [2.24, 2.45) is 0 Å². The van der Waals surface area contributed by atoms with Crippen LogP contribution in [0.15, 0.2) is 30.3 Å². The van der Waals surface area contributed by atoms with Crippen LogP contribution in [0, 0.1) is 0 Å². The van der Waals surface area contributed by atoms with Crippen LogP contribution in [-0.4, -0.2) is 41.4 Å². The van der Waals surface area contributed by atoms with Crippen molar-refractivity contribution in [1.29, 1.82) is 0 Å². The number of thioether (sulfide) groups is 1. The lowest BCUT2D eigenvalue weighted by molar-refractivity contribution is -0.130. The lowest BCUT2D eigenvalue weighted by Crippen LogP contribution is -2.46. The molecule has 1 aliphatic rings. The Balaban J connectivity index is 1.84. The molecular formula is C13H18N2OS. The number of benzene rings is 1. The molecular weight excluding hydrogens is 232 g/mol. The second-order valence-electron chi connectivity index (χ2n) is 4.23. The zero-order valence-electron chi connectivity index (χ0n) is 10.1. The van der Waals surface area contributed by atoms with Crippen LogP contribution in [-0.2, 0) is 4.79 Å². The summed E-state index contributed by atoms with van der Waals surface area (Å²) in [7, 11) is 0. The van der Waals surface area contributed by atoms with Crippen LogP contribution in [0.5, 0.6) is 0 Å². The maximum Gasteiger partial charge on any atom is 0.242 e. The van der Waals surface area contributed by atoms with Crippen molar-refractivity contribution in [2.45, 2.75) is 13.0 Å². The molecule has 0 radical (unpaired) electrons. The highest BCUT2D eigenvalue weighted by molar-refractivity contribution is 7.99. The van der Waals surface area contributed by atoms with E-state index in [1.54, 1.807) is 0 Å². The molecule has 0 aromatic heterocycles. The van der Waals surface area contributed by atoms with Crippen LogP contribution in [0.1, 0.15) is 6.92 Å². The third-order valence-electron chi connectivity index (χ3n) is 2.91. The number of hydrogen-bond donors (Lipinski definition) is 1. The second-order valence-corrected chi connectivity index (χ2v) is 5.38. The van der Waals surface area contributed by atoms with Crippen LogP contribution in [0.4, 0.5) is 5.69 Å². The zero-order chi connectivity index (χ0) is 12.1. The monoisotopic (exact) mass is 250 g/mol. The predicted octanol–water partition coefficient (Wildman–Crippen LogP) is 2.06. The first kappa shape index (κ1) is 12.3. The smallest absolute Gasteiger partial charge is 0.242 e. The maximum atomic E-state index is 12.0. The van der Waals surface area contributed by atoms with Gasteiger partial charge in [-0.05, 0) is 19.1 Å². The third-order valence-corrected chi connectivity index (χ3v) is 4.09.